The number of hydrogen-bond donors (Lipinski definition) is 0. The molecule has 1 atom stereocenters. The number of nitrogens with zero attached hydrogens (tertiary/aromatic N) is 3. The Kier molecular flexibility index (Phi) is 4.29. The lowest BCUT2D eigenvalue weighted by molar-refractivity contribution is -0.141. The minimum absolute atomic E-state index is 0.0185. The monoisotopic (exact) mass is 339 g/mol. The van der Waals surface area contributed by atoms with Crippen LogP contribution in [-0.2, 0) is 10.9 Å². The van der Waals surface area contributed by atoms with Gasteiger partial charge in [0, 0.05) is 13.1 Å². The maximum absolute atomic E-state index is 12.8. The first kappa shape index (κ1) is 14.5. The van der Waals surface area contributed by atoms with Crippen LogP contribution < -0.4 is 4.90 Å². The van der Waals surface area contributed by atoms with Crippen LogP contribution in [0.3, 0.4) is 0 Å². The zero-order chi connectivity index (χ0) is 14.0. The first-order valence-electron chi connectivity index (χ1n) is 5.87. The maximum atomic E-state index is 12.8. The summed E-state index contributed by atoms with van der Waals surface area (Å²) in [7, 11) is 0. The van der Waals surface area contributed by atoms with Crippen molar-refractivity contribution in [3.63, 3.8) is 0 Å². The van der Waals surface area contributed by atoms with Gasteiger partial charge in [-0.2, -0.15) is 13.2 Å². The molecule has 8 heteroatoms. The first-order chi connectivity index (χ1) is 8.93. The number of halogens is 4. The minimum Gasteiger partial charge on any atom is -0.375 e. The van der Waals surface area contributed by atoms with Crippen molar-refractivity contribution >= 4 is 21.7 Å². The molecule has 19 heavy (non-hydrogen) atoms. The highest BCUT2D eigenvalue weighted by molar-refractivity contribution is 9.10. The Morgan fingerprint density at radius 1 is 1.47 bits per heavy atom. The molecule has 0 bridgehead atoms. The normalized spacial score (nSPS) is 20.7. The van der Waals surface area contributed by atoms with Crippen LogP contribution in [0.5, 0.6) is 0 Å². The van der Waals surface area contributed by atoms with E-state index in [1.54, 1.807) is 4.90 Å². The van der Waals surface area contributed by atoms with Gasteiger partial charge in [0.1, 0.15) is 12.1 Å². The number of hydrogen-bond acceptors (Lipinski definition) is 4. The lowest BCUT2D eigenvalue weighted by Gasteiger charge is -2.34. The van der Waals surface area contributed by atoms with Gasteiger partial charge in [0.25, 0.3) is 0 Å². The summed E-state index contributed by atoms with van der Waals surface area (Å²) in [5.74, 6) is 0.268. The Hall–Kier alpha value is -0.890. The topological polar surface area (TPSA) is 38.2 Å². The van der Waals surface area contributed by atoms with Gasteiger partial charge in [-0.05, 0) is 22.4 Å². The predicted molar refractivity (Wildman–Crippen MR) is 67.0 cm³/mol. The fraction of sp³-hybridized carbons (Fsp3) is 0.636. The van der Waals surface area contributed by atoms with E-state index in [-0.39, 0.29) is 16.4 Å². The van der Waals surface area contributed by atoms with Crippen LogP contribution >= 0.6 is 15.9 Å². The molecule has 1 fully saturated rings. The number of anilines is 1. The Bertz CT molecular complexity index is 455. The van der Waals surface area contributed by atoms with Crippen molar-refractivity contribution in [3.05, 3.63) is 16.5 Å². The Morgan fingerprint density at radius 2 is 2.21 bits per heavy atom. The molecule has 1 aromatic heterocycles. The number of ether oxygens (including phenoxy) is 1. The van der Waals surface area contributed by atoms with Gasteiger partial charge < -0.3 is 9.64 Å². The third-order valence-electron chi connectivity index (χ3n) is 2.93. The molecule has 1 aliphatic rings. The SMILES string of the molecule is CCC1CN(c2ncnc(C(F)(F)F)c2Br)CCO1. The smallest absolute Gasteiger partial charge is 0.375 e. The predicted octanol–water partition coefficient (Wildman–Crippen LogP) is 2.87. The quantitative estimate of drug-likeness (QED) is 0.830. The van der Waals surface area contributed by atoms with Gasteiger partial charge in [0.2, 0.25) is 0 Å². The molecule has 1 aromatic rings. The van der Waals surface area contributed by atoms with Gasteiger partial charge in [0.15, 0.2) is 5.69 Å². The second kappa shape index (κ2) is 5.62. The van der Waals surface area contributed by atoms with Crippen LogP contribution in [0.1, 0.15) is 19.0 Å². The number of morpholine rings is 1. The third kappa shape index (κ3) is 3.17. The number of aromatic nitrogens is 2. The van der Waals surface area contributed by atoms with Crippen molar-refractivity contribution in [3.8, 4) is 0 Å². The minimum atomic E-state index is -4.49. The highest BCUT2D eigenvalue weighted by atomic mass is 79.9. The summed E-state index contributed by atoms with van der Waals surface area (Å²) in [5, 5.41) is 0. The molecule has 0 N–H and O–H groups in total. The summed E-state index contributed by atoms with van der Waals surface area (Å²) in [4.78, 5) is 9.05. The lowest BCUT2D eigenvalue weighted by atomic mass is 10.2. The van der Waals surface area contributed by atoms with Gasteiger partial charge in [0.05, 0.1) is 17.2 Å². The third-order valence-corrected chi connectivity index (χ3v) is 3.66. The van der Waals surface area contributed by atoms with Crippen molar-refractivity contribution in [2.24, 2.45) is 0 Å². The van der Waals surface area contributed by atoms with Gasteiger partial charge in [-0.15, -0.1) is 0 Å². The largest absolute Gasteiger partial charge is 0.434 e. The summed E-state index contributed by atoms with van der Waals surface area (Å²) >= 11 is 2.97. The maximum Gasteiger partial charge on any atom is 0.434 e. The molecule has 0 amide bonds. The zero-order valence-electron chi connectivity index (χ0n) is 10.2. The lowest BCUT2D eigenvalue weighted by Crippen LogP contribution is -2.43. The molecule has 2 rings (SSSR count). The van der Waals surface area contributed by atoms with E-state index in [0.29, 0.717) is 19.7 Å². The summed E-state index contributed by atoms with van der Waals surface area (Å²) in [6.07, 6.45) is -2.72. The van der Waals surface area contributed by atoms with E-state index >= 15 is 0 Å². The summed E-state index contributed by atoms with van der Waals surface area (Å²) in [6.45, 7) is 3.51. The molecule has 0 spiro atoms. The van der Waals surface area contributed by atoms with Gasteiger partial charge in [-0.1, -0.05) is 6.92 Å². The average Bonchev–Trinajstić information content (AvgIpc) is 2.37. The Balaban J connectivity index is 2.30. The number of rotatable bonds is 2. The zero-order valence-corrected chi connectivity index (χ0v) is 11.8. The van der Waals surface area contributed by atoms with Crippen LogP contribution in [0, 0.1) is 0 Å². The van der Waals surface area contributed by atoms with Gasteiger partial charge in [-0.3, -0.25) is 0 Å². The summed E-state index contributed by atoms with van der Waals surface area (Å²) in [6, 6.07) is 0. The standard InChI is InChI=1S/C11H13BrF3N3O/c1-2-7-5-18(3-4-19-7)10-8(12)9(11(13,14)15)16-6-17-10/h6-7H,2-5H2,1H3. The highest BCUT2D eigenvalue weighted by Gasteiger charge is 2.37. The molecule has 2 heterocycles. The molecule has 0 radical (unpaired) electrons. The van der Waals surface area contributed by atoms with Crippen LogP contribution in [0.2, 0.25) is 0 Å². The molecule has 1 aliphatic heterocycles. The van der Waals surface area contributed by atoms with Gasteiger partial charge in [-0.25, -0.2) is 9.97 Å². The van der Waals surface area contributed by atoms with Crippen LogP contribution in [-0.4, -0.2) is 35.8 Å². The Morgan fingerprint density at radius 3 is 2.84 bits per heavy atom. The van der Waals surface area contributed by atoms with E-state index in [2.05, 4.69) is 25.9 Å². The second-order valence-electron chi connectivity index (χ2n) is 4.20. The highest BCUT2D eigenvalue weighted by Crippen LogP contribution is 2.37. The van der Waals surface area contributed by atoms with Crippen LogP contribution in [0.25, 0.3) is 0 Å². The number of alkyl halides is 3. The molecule has 106 valence electrons. The first-order valence-corrected chi connectivity index (χ1v) is 6.67. The van der Waals surface area contributed by atoms with E-state index in [4.69, 9.17) is 4.74 Å². The van der Waals surface area contributed by atoms with Gasteiger partial charge >= 0.3 is 6.18 Å². The van der Waals surface area contributed by atoms with Crippen molar-refractivity contribution in [2.45, 2.75) is 25.6 Å². The molecule has 4 nitrogen and oxygen atoms in total. The summed E-state index contributed by atoms with van der Waals surface area (Å²) < 4.78 is 43.7. The van der Waals surface area contributed by atoms with E-state index < -0.39 is 11.9 Å². The molecule has 1 unspecified atom stereocenters. The van der Waals surface area contributed by atoms with E-state index in [0.717, 1.165) is 12.7 Å². The fourth-order valence-electron chi connectivity index (χ4n) is 1.94. The fourth-order valence-corrected chi connectivity index (χ4v) is 2.62. The van der Waals surface area contributed by atoms with Crippen LogP contribution in [0.15, 0.2) is 10.8 Å². The summed E-state index contributed by atoms with van der Waals surface area (Å²) in [5.41, 5.74) is -0.947. The van der Waals surface area contributed by atoms with E-state index in [1.807, 2.05) is 6.92 Å². The molecule has 1 saturated heterocycles. The molecular weight excluding hydrogens is 327 g/mol. The van der Waals surface area contributed by atoms with Crippen molar-refractivity contribution in [1.82, 2.24) is 9.97 Å². The van der Waals surface area contributed by atoms with Crippen molar-refractivity contribution in [2.75, 3.05) is 24.6 Å². The molecular formula is C11H13BrF3N3O. The average molecular weight is 340 g/mol. The molecule has 0 aromatic carbocycles. The second-order valence-corrected chi connectivity index (χ2v) is 5.00. The van der Waals surface area contributed by atoms with Crippen LogP contribution in [0.4, 0.5) is 19.0 Å². The molecule has 0 aliphatic carbocycles. The Labute approximate surface area is 117 Å². The van der Waals surface area contributed by atoms with Crippen molar-refractivity contribution in [1.29, 1.82) is 0 Å². The van der Waals surface area contributed by atoms with Crippen molar-refractivity contribution < 1.29 is 17.9 Å². The van der Waals surface area contributed by atoms with E-state index in [9.17, 15) is 13.2 Å². The van der Waals surface area contributed by atoms with E-state index in [1.165, 1.54) is 0 Å². The molecule has 0 saturated carbocycles.